The van der Waals surface area contributed by atoms with Crippen LogP contribution in [0.2, 0.25) is 38.5 Å². The molecule has 14 rings (SSSR count). The number of hydrogen-bond acceptors (Lipinski definition) is 2. The van der Waals surface area contributed by atoms with Crippen molar-refractivity contribution in [2.24, 2.45) is 0 Å². The molecule has 4 aromatic carbocycles. The topological polar surface area (TPSA) is 34.1 Å². The van der Waals surface area contributed by atoms with Gasteiger partial charge in [0.25, 0.3) is 0 Å². The molecule has 10 aliphatic rings. The Morgan fingerprint density at radius 2 is 0.641 bits per heavy atom. The molecule has 39 heavy (non-hydrogen) atoms. The van der Waals surface area contributed by atoms with E-state index in [9.17, 15) is 0 Å². The van der Waals surface area contributed by atoms with E-state index < -0.39 is 20.8 Å². The molecule has 1 spiro atoms. The van der Waals surface area contributed by atoms with E-state index in [0.29, 0.717) is 19.3 Å². The van der Waals surface area contributed by atoms with Crippen molar-refractivity contribution >= 4 is 35.5 Å². The Labute approximate surface area is 218 Å². The van der Waals surface area contributed by atoms with E-state index in [0.717, 1.165) is 40.5 Å². The van der Waals surface area contributed by atoms with Crippen LogP contribution in [0.5, 0.6) is 0 Å². The summed E-state index contributed by atoms with van der Waals surface area (Å²) in [7, 11) is -5.84. The number of hydrogen-bond donors (Lipinski definition) is 0. The molecule has 194 valence electrons. The molecular formula is C34H28FeO2P2. The Morgan fingerprint density at radius 3 is 0.846 bits per heavy atom. The summed E-state index contributed by atoms with van der Waals surface area (Å²) in [6.07, 6.45) is 0. The summed E-state index contributed by atoms with van der Waals surface area (Å²) < 4.78 is 33.0. The van der Waals surface area contributed by atoms with Crippen molar-refractivity contribution in [3.05, 3.63) is 121 Å². The molecule has 0 saturated carbocycles. The molecule has 10 saturated heterocycles. The number of rotatable bonds is 6. The van der Waals surface area contributed by atoms with Gasteiger partial charge in [0.2, 0.25) is 0 Å². The maximum absolute atomic E-state index is 16.5. The molecule has 2 nitrogen and oxygen atoms in total. The molecule has 10 heterocycles. The molecule has 0 N–H and O–H groups in total. The Hall–Kier alpha value is -2.14. The van der Waals surface area contributed by atoms with Gasteiger partial charge in [0, 0.05) is 0 Å². The summed E-state index contributed by atoms with van der Waals surface area (Å²) in [5.41, 5.74) is 0. The quantitative estimate of drug-likeness (QED) is 0.177. The van der Waals surface area contributed by atoms with Gasteiger partial charge in [0.1, 0.15) is 0 Å². The second-order valence-electron chi connectivity index (χ2n) is 16.3. The summed E-state index contributed by atoms with van der Waals surface area (Å²) in [4.78, 5) is 6.31. The van der Waals surface area contributed by atoms with Crippen LogP contribution >= 0.6 is 14.3 Å². The van der Waals surface area contributed by atoms with Crippen LogP contribution < -0.4 is 21.2 Å². The van der Waals surface area contributed by atoms with Crippen molar-refractivity contribution in [2.75, 3.05) is 0 Å². The van der Waals surface area contributed by atoms with Crippen molar-refractivity contribution in [1.82, 2.24) is 0 Å². The van der Waals surface area contributed by atoms with Crippen LogP contribution in [0.1, 0.15) is 0 Å². The molecule has 0 radical (unpaired) electrons. The third kappa shape index (κ3) is 0.463. The monoisotopic (exact) mass is 586 g/mol. The van der Waals surface area contributed by atoms with Gasteiger partial charge >= 0.3 is 219 Å². The Bertz CT molecular complexity index is 2140. The van der Waals surface area contributed by atoms with Gasteiger partial charge in [-0.3, -0.25) is 0 Å². The van der Waals surface area contributed by atoms with Crippen molar-refractivity contribution in [3.63, 3.8) is 0 Å². The molecular weight excluding hydrogens is 558 g/mol. The van der Waals surface area contributed by atoms with E-state index in [-0.39, 0.29) is 8.11 Å². The van der Waals surface area contributed by atoms with E-state index in [4.69, 9.17) is 0 Å². The minimum atomic E-state index is -4.59. The van der Waals surface area contributed by atoms with Gasteiger partial charge in [-0.05, 0) is 0 Å². The number of fused-ring (bicyclic) bond motifs is 10. The average Bonchev–Trinajstić information content (AvgIpc) is 3.96. The van der Waals surface area contributed by atoms with Crippen molar-refractivity contribution in [3.8, 4) is 0 Å². The van der Waals surface area contributed by atoms with Gasteiger partial charge in [-0.15, -0.1) is 0 Å². The van der Waals surface area contributed by atoms with E-state index in [2.05, 4.69) is 121 Å². The van der Waals surface area contributed by atoms with Crippen molar-refractivity contribution in [1.29, 1.82) is 0 Å². The van der Waals surface area contributed by atoms with E-state index >= 15 is 9.13 Å². The fourth-order valence-electron chi connectivity index (χ4n) is 21.7. The summed E-state index contributed by atoms with van der Waals surface area (Å²) in [5.74, 6) is 0. The third-order valence-electron chi connectivity index (χ3n) is 20.1. The van der Waals surface area contributed by atoms with Crippen LogP contribution in [0.25, 0.3) is 0 Å². The second kappa shape index (κ2) is 2.89. The maximum atomic E-state index is 16.5. The molecule has 0 amide bonds. The minimum absolute atomic E-state index is 0.0172. The van der Waals surface area contributed by atoms with Gasteiger partial charge in [0.15, 0.2) is 0 Å². The molecule has 5 heteroatoms. The first-order valence-corrected chi connectivity index (χ1v) is 24.1. The van der Waals surface area contributed by atoms with Crippen LogP contribution in [0.4, 0.5) is 0 Å². The van der Waals surface area contributed by atoms with E-state index in [1.165, 1.54) is 0 Å². The molecule has 0 aliphatic carbocycles. The third-order valence-corrected chi connectivity index (χ3v) is 78.7. The van der Waals surface area contributed by atoms with Gasteiger partial charge < -0.3 is 0 Å². The second-order valence-corrected chi connectivity index (χ2v) is 46.2. The molecule has 10 fully saturated rings. The van der Waals surface area contributed by atoms with Crippen LogP contribution in [-0.2, 0) is 15.6 Å². The Balaban J connectivity index is 1.16. The Kier molecular flexibility index (Phi) is 1.41. The van der Waals surface area contributed by atoms with E-state index in [1.54, 1.807) is 0 Å². The average molecular weight is 586 g/mol. The SMILES string of the molecule is O=P(c1ccccc1)(c1ccccc1)[C]12[CH]3[CH]4[CH]5[CH]1[Fe]45321678[CH]2[CH]1[CH]6[C]7(P(=O)(c1ccccc1)c1ccccc1)[CH]28. The molecule has 8 atom stereocenters. The van der Waals surface area contributed by atoms with Gasteiger partial charge in [0.05, 0.1) is 0 Å². The van der Waals surface area contributed by atoms with Gasteiger partial charge in [-0.25, -0.2) is 0 Å². The summed E-state index contributed by atoms with van der Waals surface area (Å²) in [5, 5.41) is 4.37. The van der Waals surface area contributed by atoms with Crippen LogP contribution in [0.15, 0.2) is 121 Å². The molecule has 0 aromatic heterocycles. The zero-order valence-electron chi connectivity index (χ0n) is 21.2. The molecule has 0 bridgehead atoms. The van der Waals surface area contributed by atoms with Gasteiger partial charge in [-0.1, -0.05) is 0 Å². The zero-order valence-corrected chi connectivity index (χ0v) is 24.1. The summed E-state index contributed by atoms with van der Waals surface area (Å²) in [6, 6.07) is 42.5. The molecule has 4 aromatic rings. The number of benzene rings is 4. The first-order valence-electron chi connectivity index (χ1n) is 14.5. The van der Waals surface area contributed by atoms with Gasteiger partial charge in [-0.2, -0.15) is 0 Å². The Morgan fingerprint density at radius 1 is 0.410 bits per heavy atom. The first kappa shape index (κ1) is 19.1. The predicted octanol–water partition coefficient (Wildman–Crippen LogP) is 7.22. The summed E-state index contributed by atoms with van der Waals surface area (Å²) >= 11 is 0. The zero-order chi connectivity index (χ0) is 25.4. The van der Waals surface area contributed by atoms with Crippen molar-refractivity contribution < 1.29 is 15.6 Å². The first-order chi connectivity index (χ1) is 18.9. The van der Waals surface area contributed by atoms with Crippen LogP contribution in [0.3, 0.4) is 0 Å². The fraction of sp³-hybridized carbons (Fsp3) is 0.294. The van der Waals surface area contributed by atoms with Crippen LogP contribution in [-0.4, -0.2) is 8.11 Å². The summed E-state index contributed by atoms with van der Waals surface area (Å²) in [6.45, 7) is -4.59. The van der Waals surface area contributed by atoms with Crippen molar-refractivity contribution in [2.45, 2.75) is 46.6 Å². The normalized spacial score (nSPS) is 61.0. The van der Waals surface area contributed by atoms with Crippen LogP contribution in [0, 0.1) is 0 Å². The fourth-order valence-corrected chi connectivity index (χ4v) is 132. The van der Waals surface area contributed by atoms with E-state index in [1.807, 2.05) is 0 Å². The molecule has 10 aliphatic heterocycles. The standard InChI is InChI=1S/2C17H14OP.Fe/c2*18-19(17-13-7-8-14-17,15-9-3-1-4-10-15)16-11-5-2-6-12-16;/h2*1-14H;. The predicted molar refractivity (Wildman–Crippen MR) is 155 cm³/mol. The molecule has 8 unspecified atom stereocenters.